The number of anilines is 3. The van der Waals surface area contributed by atoms with Crippen LogP contribution < -0.4 is 21.6 Å². The van der Waals surface area contributed by atoms with Gasteiger partial charge in [-0.1, -0.05) is 6.07 Å². The van der Waals surface area contributed by atoms with Gasteiger partial charge in [0.2, 0.25) is 0 Å². The topological polar surface area (TPSA) is 124 Å². The van der Waals surface area contributed by atoms with Crippen molar-refractivity contribution in [3.05, 3.63) is 95.1 Å². The largest absolute Gasteiger partial charge is 0.382 e. The predicted molar refractivity (Wildman–Crippen MR) is 135 cm³/mol. The van der Waals surface area contributed by atoms with Crippen LogP contribution in [0, 0.1) is 5.82 Å². The first-order valence-electron chi connectivity index (χ1n) is 10.9. The van der Waals surface area contributed by atoms with Crippen molar-refractivity contribution in [2.24, 2.45) is 0 Å². The number of carbonyl (C=O) groups is 1. The second-order valence-electron chi connectivity index (χ2n) is 8.13. The summed E-state index contributed by atoms with van der Waals surface area (Å²) >= 11 is 0. The maximum Gasteiger partial charge on any atom is 0.339 e. The molecule has 3 heterocycles. The van der Waals surface area contributed by atoms with Crippen LogP contribution in [0.5, 0.6) is 0 Å². The standard InChI is InChI=1S/C25H21FN8O2/c1-32(2)17-5-3-6-18(13-17)34-23-20(21(27)29-14-30-23)33(25(34)36)16-10-8-15(9-11-16)24(35)31-22-19(26)7-4-12-28-22/h3-14H,1-2H3,(H2,27,29,30)(H,28,31,35). The van der Waals surface area contributed by atoms with E-state index in [0.29, 0.717) is 22.5 Å². The molecule has 0 saturated heterocycles. The smallest absolute Gasteiger partial charge is 0.339 e. The average Bonchev–Trinajstić information content (AvgIpc) is 3.18. The van der Waals surface area contributed by atoms with Crippen molar-refractivity contribution >= 4 is 34.4 Å². The van der Waals surface area contributed by atoms with Crippen LogP contribution in [-0.2, 0) is 0 Å². The lowest BCUT2D eigenvalue weighted by Crippen LogP contribution is -2.22. The number of nitrogens with zero attached hydrogens (tertiary/aromatic N) is 6. The van der Waals surface area contributed by atoms with Gasteiger partial charge in [0.25, 0.3) is 5.91 Å². The Morgan fingerprint density at radius 2 is 1.75 bits per heavy atom. The van der Waals surface area contributed by atoms with E-state index in [1.807, 2.05) is 37.2 Å². The fourth-order valence-corrected chi connectivity index (χ4v) is 3.85. The van der Waals surface area contributed by atoms with Crippen LogP contribution in [-0.4, -0.2) is 44.1 Å². The Morgan fingerprint density at radius 1 is 0.972 bits per heavy atom. The van der Waals surface area contributed by atoms with E-state index < -0.39 is 17.4 Å². The fraction of sp³-hybridized carbons (Fsp3) is 0.0800. The highest BCUT2D eigenvalue weighted by Gasteiger charge is 2.21. The average molecular weight is 484 g/mol. The summed E-state index contributed by atoms with van der Waals surface area (Å²) in [6.45, 7) is 0. The van der Waals surface area contributed by atoms with Crippen molar-refractivity contribution in [1.82, 2.24) is 24.1 Å². The Kier molecular flexibility index (Phi) is 5.65. The number of hydrogen-bond donors (Lipinski definition) is 2. The Morgan fingerprint density at radius 3 is 2.47 bits per heavy atom. The van der Waals surface area contributed by atoms with Crippen molar-refractivity contribution in [2.45, 2.75) is 0 Å². The summed E-state index contributed by atoms with van der Waals surface area (Å²) in [5.74, 6) is -1.23. The number of rotatable bonds is 5. The van der Waals surface area contributed by atoms with Crippen LogP contribution in [0.4, 0.5) is 21.7 Å². The molecule has 0 fully saturated rings. The van der Waals surface area contributed by atoms with Gasteiger partial charge in [-0.15, -0.1) is 0 Å². The minimum atomic E-state index is -0.643. The number of imidazole rings is 1. The van der Waals surface area contributed by atoms with E-state index in [2.05, 4.69) is 20.3 Å². The molecule has 10 nitrogen and oxygen atoms in total. The van der Waals surface area contributed by atoms with Crippen LogP contribution >= 0.6 is 0 Å². The van der Waals surface area contributed by atoms with Crippen LogP contribution in [0.2, 0.25) is 0 Å². The summed E-state index contributed by atoms with van der Waals surface area (Å²) in [5, 5.41) is 2.43. The number of pyridine rings is 1. The summed E-state index contributed by atoms with van der Waals surface area (Å²) < 4.78 is 16.7. The normalized spacial score (nSPS) is 11.0. The SMILES string of the molecule is CN(C)c1cccc(-n2c(=O)n(-c3ccc(C(=O)Nc4ncccc4F)cc3)c3c(N)ncnc32)c1. The van der Waals surface area contributed by atoms with Crippen molar-refractivity contribution in [2.75, 3.05) is 30.0 Å². The van der Waals surface area contributed by atoms with Crippen molar-refractivity contribution in [1.29, 1.82) is 0 Å². The monoisotopic (exact) mass is 484 g/mol. The van der Waals surface area contributed by atoms with Gasteiger partial charge in [-0.3, -0.25) is 9.36 Å². The molecule has 180 valence electrons. The number of halogens is 1. The van der Waals surface area contributed by atoms with Gasteiger partial charge in [0.15, 0.2) is 23.1 Å². The molecule has 5 rings (SSSR count). The maximum atomic E-state index is 13.8. The molecule has 1 amide bonds. The highest BCUT2D eigenvalue weighted by molar-refractivity contribution is 6.04. The van der Waals surface area contributed by atoms with Gasteiger partial charge in [-0.2, -0.15) is 0 Å². The van der Waals surface area contributed by atoms with E-state index in [1.54, 1.807) is 18.2 Å². The molecule has 11 heteroatoms. The highest BCUT2D eigenvalue weighted by Crippen LogP contribution is 2.25. The first kappa shape index (κ1) is 22.7. The number of nitrogens with two attached hydrogens (primary N) is 1. The van der Waals surface area contributed by atoms with E-state index in [-0.39, 0.29) is 17.2 Å². The predicted octanol–water partition coefficient (Wildman–Crippen LogP) is 3.01. The van der Waals surface area contributed by atoms with Gasteiger partial charge in [-0.25, -0.2) is 28.7 Å². The van der Waals surface area contributed by atoms with E-state index in [4.69, 9.17) is 5.73 Å². The Labute approximate surface area is 204 Å². The van der Waals surface area contributed by atoms with Gasteiger partial charge in [0.1, 0.15) is 11.8 Å². The lowest BCUT2D eigenvalue weighted by Gasteiger charge is -2.13. The zero-order valence-corrected chi connectivity index (χ0v) is 19.4. The quantitative estimate of drug-likeness (QED) is 0.393. The van der Waals surface area contributed by atoms with Crippen LogP contribution in [0.25, 0.3) is 22.5 Å². The van der Waals surface area contributed by atoms with Crippen LogP contribution in [0.3, 0.4) is 0 Å². The molecule has 0 aliphatic heterocycles. The van der Waals surface area contributed by atoms with Gasteiger partial charge in [-0.05, 0) is 54.6 Å². The molecule has 2 aromatic carbocycles. The fourth-order valence-electron chi connectivity index (χ4n) is 3.85. The van der Waals surface area contributed by atoms with E-state index in [9.17, 15) is 14.0 Å². The molecule has 0 spiro atoms. The van der Waals surface area contributed by atoms with Crippen LogP contribution in [0.15, 0.2) is 78.0 Å². The van der Waals surface area contributed by atoms with Gasteiger partial charge < -0.3 is 16.0 Å². The van der Waals surface area contributed by atoms with E-state index in [0.717, 1.165) is 5.69 Å². The Balaban J connectivity index is 1.59. The third-order valence-electron chi connectivity index (χ3n) is 5.63. The summed E-state index contributed by atoms with van der Waals surface area (Å²) in [6.07, 6.45) is 2.68. The molecule has 0 radical (unpaired) electrons. The van der Waals surface area contributed by atoms with E-state index >= 15 is 0 Å². The van der Waals surface area contributed by atoms with Gasteiger partial charge >= 0.3 is 5.69 Å². The summed E-state index contributed by atoms with van der Waals surface area (Å²) in [5.41, 5.74) is 8.68. The van der Waals surface area contributed by atoms with Crippen LogP contribution in [0.1, 0.15) is 10.4 Å². The number of fused-ring (bicyclic) bond motifs is 1. The summed E-state index contributed by atoms with van der Waals surface area (Å²) in [7, 11) is 3.82. The third-order valence-corrected chi connectivity index (χ3v) is 5.63. The molecular formula is C25H21FN8O2. The lowest BCUT2D eigenvalue weighted by atomic mass is 10.2. The number of aromatic nitrogens is 5. The molecule has 0 bridgehead atoms. The van der Waals surface area contributed by atoms with Gasteiger partial charge in [0.05, 0.1) is 11.4 Å². The number of hydrogen-bond acceptors (Lipinski definition) is 7. The number of nitrogen functional groups attached to an aromatic ring is 1. The van der Waals surface area contributed by atoms with Crippen molar-refractivity contribution in [3.63, 3.8) is 0 Å². The van der Waals surface area contributed by atoms with E-state index in [1.165, 1.54) is 45.9 Å². The molecule has 36 heavy (non-hydrogen) atoms. The Hall–Kier alpha value is -5.06. The minimum absolute atomic E-state index is 0.132. The molecule has 0 unspecified atom stereocenters. The molecule has 3 N–H and O–H groups in total. The van der Waals surface area contributed by atoms with Crippen molar-refractivity contribution in [3.8, 4) is 11.4 Å². The second kappa shape index (κ2) is 8.95. The molecular weight excluding hydrogens is 463 g/mol. The minimum Gasteiger partial charge on any atom is -0.382 e. The highest BCUT2D eigenvalue weighted by atomic mass is 19.1. The second-order valence-corrected chi connectivity index (χ2v) is 8.13. The molecule has 0 aliphatic carbocycles. The molecule has 3 aromatic heterocycles. The number of nitrogens with one attached hydrogen (secondary N) is 1. The van der Waals surface area contributed by atoms with Gasteiger partial charge in [0, 0.05) is 31.5 Å². The molecule has 0 atom stereocenters. The van der Waals surface area contributed by atoms with Crippen molar-refractivity contribution < 1.29 is 9.18 Å². The first-order valence-corrected chi connectivity index (χ1v) is 10.9. The first-order chi connectivity index (χ1) is 17.3. The summed E-state index contributed by atoms with van der Waals surface area (Å²) in [4.78, 5) is 40.4. The number of amides is 1. The number of benzene rings is 2. The maximum absolute atomic E-state index is 13.8. The summed E-state index contributed by atoms with van der Waals surface area (Å²) in [6, 6.07) is 16.3. The lowest BCUT2D eigenvalue weighted by molar-refractivity contribution is 0.102. The number of carbonyl (C=O) groups excluding carboxylic acids is 1. The molecule has 0 aliphatic rings. The zero-order valence-electron chi connectivity index (χ0n) is 19.4. The molecule has 0 saturated carbocycles. The zero-order chi connectivity index (χ0) is 25.4. The molecule has 5 aromatic rings. The Bertz CT molecular complexity index is 1660. The third kappa shape index (κ3) is 3.92.